The summed E-state index contributed by atoms with van der Waals surface area (Å²) in [5.41, 5.74) is 0.501. The van der Waals surface area contributed by atoms with E-state index < -0.39 is 17.0 Å². The van der Waals surface area contributed by atoms with E-state index in [1.165, 1.54) is 12.8 Å². The maximum absolute atomic E-state index is 14.1. The second-order valence-electron chi connectivity index (χ2n) is 12.5. The van der Waals surface area contributed by atoms with Crippen molar-refractivity contribution in [3.63, 3.8) is 0 Å². The Morgan fingerprint density at radius 3 is 2.40 bits per heavy atom. The number of nitrogens with zero attached hydrogens (tertiary/aromatic N) is 5. The summed E-state index contributed by atoms with van der Waals surface area (Å²) < 4.78 is 0. The van der Waals surface area contributed by atoms with E-state index in [-0.39, 0.29) is 17.1 Å². The zero-order chi connectivity index (χ0) is 29.1. The van der Waals surface area contributed by atoms with Gasteiger partial charge in [0.2, 0.25) is 11.8 Å². The molecule has 7 rings (SSSR count). The van der Waals surface area contributed by atoms with Crippen LogP contribution in [0, 0.1) is 11.3 Å². The third-order valence-corrected chi connectivity index (χ3v) is 11.5. The Labute approximate surface area is 260 Å². The van der Waals surface area contributed by atoms with E-state index in [0.717, 1.165) is 48.4 Å². The molecular formula is C31H34Cl2N6O2S. The number of anilines is 1. The molecule has 5 aliphatic rings. The SMILES string of the molecule is N#CC1(NC(=O)[C@@H]2CC(Sc3ccc(N4CCN(C5CC5)CC4)cc3Cl)CN2C(=O)C2(c3ccc(Cl)nc3)CC2)CC1. The third kappa shape index (κ3) is 5.47. The largest absolute Gasteiger partial charge is 0.369 e. The van der Waals surface area contributed by atoms with Gasteiger partial charge in [-0.25, -0.2) is 4.98 Å². The summed E-state index contributed by atoms with van der Waals surface area (Å²) in [5, 5.41) is 13.6. The van der Waals surface area contributed by atoms with Gasteiger partial charge in [-0.05, 0) is 74.8 Å². The number of nitrogens with one attached hydrogen (secondary N) is 1. The Balaban J connectivity index is 1.07. The molecule has 0 radical (unpaired) electrons. The Kier molecular flexibility index (Phi) is 7.33. The zero-order valence-corrected chi connectivity index (χ0v) is 25.7. The maximum Gasteiger partial charge on any atom is 0.244 e. The van der Waals surface area contributed by atoms with Crippen molar-refractivity contribution in [3.05, 3.63) is 52.3 Å². The number of benzene rings is 1. The van der Waals surface area contributed by atoms with Crippen molar-refractivity contribution in [1.29, 1.82) is 5.26 Å². The van der Waals surface area contributed by atoms with E-state index >= 15 is 0 Å². The molecule has 2 aromatic rings. The van der Waals surface area contributed by atoms with Gasteiger partial charge in [-0.2, -0.15) is 5.26 Å². The Bertz CT molecular complexity index is 1430. The molecule has 42 heavy (non-hydrogen) atoms. The lowest BCUT2D eigenvalue weighted by atomic mass is 9.95. The predicted molar refractivity (Wildman–Crippen MR) is 164 cm³/mol. The highest BCUT2D eigenvalue weighted by Crippen LogP contribution is 2.51. The minimum atomic E-state index is -0.794. The summed E-state index contributed by atoms with van der Waals surface area (Å²) in [4.78, 5) is 39.5. The molecular weight excluding hydrogens is 591 g/mol. The van der Waals surface area contributed by atoms with Crippen LogP contribution in [-0.2, 0) is 15.0 Å². The van der Waals surface area contributed by atoms with Crippen LogP contribution in [0.15, 0.2) is 41.4 Å². The molecule has 2 atom stereocenters. The number of hydrogen-bond acceptors (Lipinski definition) is 7. The monoisotopic (exact) mass is 624 g/mol. The number of thioether (sulfide) groups is 1. The van der Waals surface area contributed by atoms with Crippen LogP contribution in [0.3, 0.4) is 0 Å². The van der Waals surface area contributed by atoms with Gasteiger partial charge >= 0.3 is 0 Å². The van der Waals surface area contributed by atoms with Gasteiger partial charge in [0.05, 0.1) is 16.5 Å². The minimum Gasteiger partial charge on any atom is -0.369 e. The lowest BCUT2D eigenvalue weighted by Crippen LogP contribution is -2.51. The lowest BCUT2D eigenvalue weighted by molar-refractivity contribution is -0.140. The molecule has 2 amide bonds. The number of amides is 2. The van der Waals surface area contributed by atoms with Crippen LogP contribution in [0.2, 0.25) is 10.2 Å². The molecule has 1 N–H and O–H groups in total. The van der Waals surface area contributed by atoms with Crippen molar-refractivity contribution in [1.82, 2.24) is 20.1 Å². The van der Waals surface area contributed by atoms with Gasteiger partial charge in [0, 0.05) is 60.8 Å². The van der Waals surface area contributed by atoms with Crippen LogP contribution < -0.4 is 10.2 Å². The number of carbonyl (C=O) groups is 2. The second-order valence-corrected chi connectivity index (χ2v) is 14.6. The molecule has 3 aliphatic carbocycles. The van der Waals surface area contributed by atoms with E-state index in [4.69, 9.17) is 23.2 Å². The van der Waals surface area contributed by atoms with Crippen LogP contribution in [-0.4, -0.2) is 82.2 Å². The maximum atomic E-state index is 14.1. The molecule has 3 heterocycles. The van der Waals surface area contributed by atoms with E-state index in [0.29, 0.717) is 48.8 Å². The Hall–Kier alpha value is -2.51. The van der Waals surface area contributed by atoms with Gasteiger partial charge in [-0.15, -0.1) is 11.8 Å². The first-order valence-electron chi connectivity index (χ1n) is 14.9. The van der Waals surface area contributed by atoms with Crippen molar-refractivity contribution in [2.45, 2.75) is 78.1 Å². The number of pyridine rings is 1. The molecule has 3 saturated carbocycles. The second kappa shape index (κ2) is 10.9. The molecule has 0 spiro atoms. The Morgan fingerprint density at radius 2 is 1.81 bits per heavy atom. The van der Waals surface area contributed by atoms with E-state index in [1.807, 2.05) is 6.07 Å². The zero-order valence-electron chi connectivity index (χ0n) is 23.4. The van der Waals surface area contributed by atoms with Crippen LogP contribution in [0.5, 0.6) is 0 Å². The van der Waals surface area contributed by atoms with Crippen molar-refractivity contribution >= 4 is 52.5 Å². The van der Waals surface area contributed by atoms with Crippen molar-refractivity contribution in [2.24, 2.45) is 0 Å². The average molecular weight is 626 g/mol. The smallest absolute Gasteiger partial charge is 0.244 e. The number of halogens is 2. The van der Waals surface area contributed by atoms with Crippen molar-refractivity contribution in [3.8, 4) is 6.07 Å². The standard InChI is InChI=1S/C31H34Cl2N6O2S/c32-24-15-22(38-13-11-37(12-14-38)21-2-3-21)4-5-26(24)42-23-16-25(28(40)36-30(19-34)7-8-30)39(18-23)29(41)31(9-10-31)20-1-6-27(33)35-17-20/h1,4-6,15,17,21,23,25H,2-3,7-14,16,18H2,(H,36,40)/t23?,25-/m0/s1. The highest BCUT2D eigenvalue weighted by molar-refractivity contribution is 8.00. The number of piperazine rings is 1. The van der Waals surface area contributed by atoms with E-state index in [9.17, 15) is 14.9 Å². The number of rotatable bonds is 8. The fourth-order valence-corrected chi connectivity index (χ4v) is 8.11. The first kappa shape index (κ1) is 28.3. The number of carbonyl (C=O) groups excluding carboxylic acids is 2. The van der Waals surface area contributed by atoms with Crippen molar-refractivity contribution < 1.29 is 9.59 Å². The summed E-state index contributed by atoms with van der Waals surface area (Å²) in [6.07, 6.45) is 7.56. The third-order valence-electron chi connectivity index (χ3n) is 9.54. The lowest BCUT2D eigenvalue weighted by Gasteiger charge is -2.36. The summed E-state index contributed by atoms with van der Waals surface area (Å²) in [6.45, 7) is 4.63. The normalized spacial score (nSPS) is 26.0. The predicted octanol–water partition coefficient (Wildman–Crippen LogP) is 4.64. The molecule has 1 aromatic heterocycles. The van der Waals surface area contributed by atoms with Gasteiger partial charge in [-0.1, -0.05) is 29.3 Å². The van der Waals surface area contributed by atoms with Gasteiger partial charge < -0.3 is 15.1 Å². The van der Waals surface area contributed by atoms with Crippen LogP contribution in [0.25, 0.3) is 0 Å². The van der Waals surface area contributed by atoms with Crippen LogP contribution >= 0.6 is 35.0 Å². The Morgan fingerprint density at radius 1 is 1.05 bits per heavy atom. The molecule has 8 nitrogen and oxygen atoms in total. The van der Waals surface area contributed by atoms with Crippen LogP contribution in [0.1, 0.15) is 50.5 Å². The quantitative estimate of drug-likeness (QED) is 0.428. The fraction of sp³-hybridized carbons (Fsp3) is 0.548. The highest BCUT2D eigenvalue weighted by atomic mass is 35.5. The van der Waals surface area contributed by atoms with E-state index in [1.54, 1.807) is 28.9 Å². The number of nitriles is 1. The molecule has 2 aliphatic heterocycles. The van der Waals surface area contributed by atoms with Gasteiger partial charge in [0.25, 0.3) is 0 Å². The molecule has 2 saturated heterocycles. The van der Waals surface area contributed by atoms with Gasteiger partial charge in [-0.3, -0.25) is 14.5 Å². The summed E-state index contributed by atoms with van der Waals surface area (Å²) in [6, 6.07) is 12.2. The van der Waals surface area contributed by atoms with Gasteiger partial charge in [0.1, 0.15) is 16.7 Å². The molecule has 5 fully saturated rings. The molecule has 0 bridgehead atoms. The van der Waals surface area contributed by atoms with Crippen molar-refractivity contribution in [2.75, 3.05) is 37.6 Å². The number of aromatic nitrogens is 1. The summed E-state index contributed by atoms with van der Waals surface area (Å²) in [7, 11) is 0. The number of likely N-dealkylation sites (tertiary alicyclic amines) is 1. The summed E-state index contributed by atoms with van der Waals surface area (Å²) in [5.74, 6) is -0.300. The molecule has 1 aromatic carbocycles. The first-order chi connectivity index (χ1) is 20.3. The average Bonchev–Trinajstić information content (AvgIpc) is 3.89. The minimum absolute atomic E-state index is 0.00785. The van der Waals surface area contributed by atoms with Crippen LogP contribution in [0.4, 0.5) is 5.69 Å². The first-order valence-corrected chi connectivity index (χ1v) is 16.5. The summed E-state index contributed by atoms with van der Waals surface area (Å²) >= 11 is 14.5. The van der Waals surface area contributed by atoms with E-state index in [2.05, 4.69) is 44.4 Å². The number of hydrogen-bond donors (Lipinski definition) is 1. The molecule has 220 valence electrons. The highest BCUT2D eigenvalue weighted by Gasteiger charge is 2.57. The fourth-order valence-electron chi connectivity index (χ4n) is 6.50. The molecule has 11 heteroatoms. The van der Waals surface area contributed by atoms with Gasteiger partial charge in [0.15, 0.2) is 0 Å². The topological polar surface area (TPSA) is 92.6 Å². The molecule has 1 unspecified atom stereocenters.